The van der Waals surface area contributed by atoms with E-state index in [2.05, 4.69) is 75.9 Å². The Morgan fingerprint density at radius 2 is 1.78 bits per heavy atom. The van der Waals surface area contributed by atoms with Gasteiger partial charge in [-0.3, -0.25) is 9.80 Å². The van der Waals surface area contributed by atoms with Crippen LogP contribution < -0.4 is 5.32 Å². The number of nitrogens with one attached hydrogen (secondary N) is 1. The Bertz CT molecular complexity index is 1390. The summed E-state index contributed by atoms with van der Waals surface area (Å²) in [5.41, 5.74) is 3.63. The van der Waals surface area contributed by atoms with Crippen LogP contribution in [0.4, 0.5) is 16.0 Å². The second kappa shape index (κ2) is 10.1. The summed E-state index contributed by atoms with van der Waals surface area (Å²) < 4.78 is 17.0. The summed E-state index contributed by atoms with van der Waals surface area (Å²) in [6.45, 7) is 13.6. The van der Waals surface area contributed by atoms with Crippen molar-refractivity contribution in [2.45, 2.75) is 59.3 Å². The van der Waals surface area contributed by atoms with Gasteiger partial charge in [0, 0.05) is 55.6 Å². The van der Waals surface area contributed by atoms with Crippen molar-refractivity contribution in [3.8, 4) is 11.3 Å². The maximum absolute atomic E-state index is 15.0. The zero-order valence-corrected chi connectivity index (χ0v) is 22.4. The van der Waals surface area contributed by atoms with Gasteiger partial charge in [-0.25, -0.2) is 24.3 Å². The van der Waals surface area contributed by atoms with Crippen LogP contribution in [0.25, 0.3) is 22.3 Å². The van der Waals surface area contributed by atoms with Crippen LogP contribution in [0.5, 0.6) is 0 Å². The molecule has 4 aromatic rings. The zero-order valence-electron chi connectivity index (χ0n) is 22.4. The van der Waals surface area contributed by atoms with E-state index in [9.17, 15) is 4.39 Å². The minimum Gasteiger partial charge on any atom is -0.326 e. The Morgan fingerprint density at radius 3 is 2.46 bits per heavy atom. The van der Waals surface area contributed by atoms with Crippen LogP contribution in [0.3, 0.4) is 0 Å². The van der Waals surface area contributed by atoms with E-state index in [-0.39, 0.29) is 11.9 Å². The second-order valence-electron chi connectivity index (χ2n) is 10.5. The normalized spacial score (nSPS) is 19.1. The van der Waals surface area contributed by atoms with E-state index in [1.807, 2.05) is 35.9 Å². The highest BCUT2D eigenvalue weighted by atomic mass is 19.1. The Kier molecular flexibility index (Phi) is 6.92. The molecule has 1 aliphatic rings. The van der Waals surface area contributed by atoms with Gasteiger partial charge in [-0.1, -0.05) is 6.07 Å². The predicted molar refractivity (Wildman–Crippen MR) is 145 cm³/mol. The smallest absolute Gasteiger partial charge is 0.151 e. The summed E-state index contributed by atoms with van der Waals surface area (Å²) in [6.07, 6.45) is 3.39. The molecule has 2 unspecified atom stereocenters. The molecule has 1 aliphatic heterocycles. The maximum atomic E-state index is 15.0. The molecule has 0 bridgehead atoms. The molecule has 1 N–H and O–H groups in total. The Morgan fingerprint density at radius 1 is 1.03 bits per heavy atom. The average Bonchev–Trinajstić information content (AvgIpc) is 3.20. The maximum Gasteiger partial charge on any atom is 0.151 e. The molecule has 4 heterocycles. The molecule has 3 aromatic heterocycles. The van der Waals surface area contributed by atoms with Gasteiger partial charge in [0.15, 0.2) is 5.82 Å². The van der Waals surface area contributed by atoms with Crippen molar-refractivity contribution in [2.24, 2.45) is 0 Å². The van der Waals surface area contributed by atoms with E-state index in [4.69, 9.17) is 0 Å². The summed E-state index contributed by atoms with van der Waals surface area (Å²) in [5.74, 6) is 1.73. The van der Waals surface area contributed by atoms with Gasteiger partial charge >= 0.3 is 0 Å². The van der Waals surface area contributed by atoms with Crippen molar-refractivity contribution < 1.29 is 4.39 Å². The minimum absolute atomic E-state index is 0.166. The van der Waals surface area contributed by atoms with Crippen molar-refractivity contribution in [2.75, 3.05) is 25.5 Å². The third-order valence-electron chi connectivity index (χ3n) is 7.33. The number of benzene rings is 1. The van der Waals surface area contributed by atoms with E-state index in [1.54, 1.807) is 0 Å². The van der Waals surface area contributed by atoms with Crippen molar-refractivity contribution in [3.63, 3.8) is 0 Å². The average molecular weight is 503 g/mol. The molecule has 37 heavy (non-hydrogen) atoms. The van der Waals surface area contributed by atoms with Crippen LogP contribution in [0, 0.1) is 12.7 Å². The molecule has 8 nitrogen and oxygen atoms in total. The summed E-state index contributed by atoms with van der Waals surface area (Å²) in [6, 6.07) is 10.5. The fraction of sp³-hybridized carbons (Fsp3) is 0.429. The SMILES string of the molecule is Cc1nc2c(F)cc(-c3cc(Nc4ccc(CN5CC(C)N(C)C(C)C5)cn4)ncn3)cc2n1C(C)C. The van der Waals surface area contributed by atoms with Crippen molar-refractivity contribution in [1.29, 1.82) is 0 Å². The first-order chi connectivity index (χ1) is 17.7. The van der Waals surface area contributed by atoms with Crippen LogP contribution in [0.15, 0.2) is 42.9 Å². The molecule has 194 valence electrons. The first-order valence-electron chi connectivity index (χ1n) is 12.9. The summed E-state index contributed by atoms with van der Waals surface area (Å²) in [4.78, 5) is 22.7. The molecule has 1 saturated heterocycles. The lowest BCUT2D eigenvalue weighted by atomic mass is 10.1. The first-order valence-corrected chi connectivity index (χ1v) is 12.9. The molecular weight excluding hydrogens is 467 g/mol. The third kappa shape index (κ3) is 5.19. The molecule has 0 radical (unpaired) electrons. The van der Waals surface area contributed by atoms with E-state index in [0.29, 0.717) is 40.5 Å². The van der Waals surface area contributed by atoms with Crippen LogP contribution in [-0.4, -0.2) is 66.5 Å². The molecule has 0 amide bonds. The second-order valence-corrected chi connectivity index (χ2v) is 10.5. The molecule has 1 aromatic carbocycles. The highest BCUT2D eigenvalue weighted by Crippen LogP contribution is 2.29. The number of pyridine rings is 1. The van der Waals surface area contributed by atoms with Crippen LogP contribution in [-0.2, 0) is 6.54 Å². The van der Waals surface area contributed by atoms with Gasteiger partial charge < -0.3 is 9.88 Å². The fourth-order valence-corrected chi connectivity index (χ4v) is 5.28. The van der Waals surface area contributed by atoms with Gasteiger partial charge in [0.1, 0.15) is 29.3 Å². The number of hydrogen-bond acceptors (Lipinski definition) is 7. The highest BCUT2D eigenvalue weighted by Gasteiger charge is 2.26. The summed E-state index contributed by atoms with van der Waals surface area (Å²) >= 11 is 0. The van der Waals surface area contributed by atoms with Crippen molar-refractivity contribution >= 4 is 22.7 Å². The minimum atomic E-state index is -0.357. The van der Waals surface area contributed by atoms with Crippen molar-refractivity contribution in [1.82, 2.24) is 34.3 Å². The summed E-state index contributed by atoms with van der Waals surface area (Å²) in [7, 11) is 2.20. The molecule has 2 atom stereocenters. The topological polar surface area (TPSA) is 75.0 Å². The van der Waals surface area contributed by atoms with Crippen LogP contribution in [0.1, 0.15) is 45.1 Å². The number of aryl methyl sites for hydroxylation is 1. The van der Waals surface area contributed by atoms with Gasteiger partial charge in [0.25, 0.3) is 0 Å². The number of aromatic nitrogens is 5. The molecule has 0 saturated carbocycles. The number of rotatable bonds is 6. The van der Waals surface area contributed by atoms with Gasteiger partial charge in [-0.2, -0.15) is 0 Å². The van der Waals surface area contributed by atoms with E-state index in [1.165, 1.54) is 18.0 Å². The quantitative estimate of drug-likeness (QED) is 0.389. The first kappa shape index (κ1) is 25.2. The van der Waals surface area contributed by atoms with E-state index >= 15 is 0 Å². The monoisotopic (exact) mass is 502 g/mol. The lowest BCUT2D eigenvalue weighted by Gasteiger charge is -2.42. The number of fused-ring (bicyclic) bond motifs is 1. The van der Waals surface area contributed by atoms with Crippen molar-refractivity contribution in [3.05, 3.63) is 60.1 Å². The van der Waals surface area contributed by atoms with Gasteiger partial charge in [0.2, 0.25) is 0 Å². The van der Waals surface area contributed by atoms with E-state index < -0.39 is 0 Å². The number of imidazole rings is 1. The lowest BCUT2D eigenvalue weighted by Crippen LogP contribution is -2.54. The molecular formula is C28H35FN8. The fourth-order valence-electron chi connectivity index (χ4n) is 5.28. The van der Waals surface area contributed by atoms with E-state index in [0.717, 1.165) is 31.0 Å². The van der Waals surface area contributed by atoms with Gasteiger partial charge in [-0.05, 0) is 65.4 Å². The molecule has 1 fully saturated rings. The largest absolute Gasteiger partial charge is 0.326 e. The number of hydrogen-bond donors (Lipinski definition) is 1. The number of likely N-dealkylation sites (N-methyl/N-ethyl adjacent to an activating group) is 1. The van der Waals surface area contributed by atoms with Crippen LogP contribution in [0.2, 0.25) is 0 Å². The van der Waals surface area contributed by atoms with Gasteiger partial charge in [0.05, 0.1) is 11.2 Å². The zero-order chi connectivity index (χ0) is 26.3. The Labute approximate surface area is 217 Å². The standard InChI is InChI=1S/C28H35FN8/c1-17(2)37-20(5)33-28-23(29)9-22(10-25(28)37)24-11-27(32-16-31-24)34-26-8-7-21(12-30-26)15-36-13-18(3)35(6)19(4)14-36/h7-12,16-19H,13-15H2,1-6H3,(H,30,31,32,34). The molecule has 9 heteroatoms. The Hall–Kier alpha value is -3.43. The molecule has 0 aliphatic carbocycles. The lowest BCUT2D eigenvalue weighted by molar-refractivity contribution is 0.0556. The van der Waals surface area contributed by atoms with Gasteiger partial charge in [-0.15, -0.1) is 0 Å². The number of anilines is 2. The third-order valence-corrected chi connectivity index (χ3v) is 7.33. The summed E-state index contributed by atoms with van der Waals surface area (Å²) in [5, 5.41) is 3.26. The number of piperazine rings is 1. The number of nitrogens with zero attached hydrogens (tertiary/aromatic N) is 7. The van der Waals surface area contributed by atoms with Crippen LogP contribution >= 0.6 is 0 Å². The molecule has 0 spiro atoms. The Balaban J connectivity index is 1.32. The highest BCUT2D eigenvalue weighted by molar-refractivity contribution is 5.83. The molecule has 5 rings (SSSR count). The predicted octanol–water partition coefficient (Wildman–Crippen LogP) is 5.18. The number of halogens is 1.